The van der Waals surface area contributed by atoms with E-state index in [1.165, 1.54) is 12.1 Å². The number of halogens is 1. The van der Waals surface area contributed by atoms with Gasteiger partial charge in [0.25, 0.3) is 0 Å². The maximum atomic E-state index is 13.8. The summed E-state index contributed by atoms with van der Waals surface area (Å²) in [5, 5.41) is 2.99. The fourth-order valence-electron chi connectivity index (χ4n) is 3.74. The maximum Gasteiger partial charge on any atom is 0.224 e. The predicted molar refractivity (Wildman–Crippen MR) is 109 cm³/mol. The van der Waals surface area contributed by atoms with Crippen LogP contribution in [-0.2, 0) is 11.3 Å². The van der Waals surface area contributed by atoms with Gasteiger partial charge in [-0.15, -0.1) is 0 Å². The van der Waals surface area contributed by atoms with Crippen molar-refractivity contribution in [3.05, 3.63) is 60.3 Å². The number of carbonyl (C=O) groups excluding carboxylic acids is 1. The van der Waals surface area contributed by atoms with Crippen molar-refractivity contribution >= 4 is 5.91 Å². The lowest BCUT2D eigenvalue weighted by Crippen LogP contribution is -2.41. The molecule has 1 aromatic carbocycles. The number of aromatic amines is 1. The van der Waals surface area contributed by atoms with E-state index in [0.29, 0.717) is 28.5 Å². The van der Waals surface area contributed by atoms with Crippen LogP contribution in [0.15, 0.2) is 48.7 Å². The van der Waals surface area contributed by atoms with Gasteiger partial charge in [-0.3, -0.25) is 9.78 Å². The van der Waals surface area contributed by atoms with Gasteiger partial charge < -0.3 is 15.2 Å². The van der Waals surface area contributed by atoms with Gasteiger partial charge in [-0.1, -0.05) is 18.2 Å². The van der Waals surface area contributed by atoms with E-state index >= 15 is 0 Å². The minimum Gasteiger partial charge on any atom is -0.349 e. The molecule has 4 rings (SSSR count). The van der Waals surface area contributed by atoms with E-state index in [1.54, 1.807) is 12.3 Å². The molecule has 0 bridgehead atoms. The van der Waals surface area contributed by atoms with Crippen LogP contribution in [-0.4, -0.2) is 45.9 Å². The summed E-state index contributed by atoms with van der Waals surface area (Å²) in [6, 6.07) is 11.9. The summed E-state index contributed by atoms with van der Waals surface area (Å²) < 4.78 is 13.8. The molecule has 6 nitrogen and oxygen atoms in total. The highest BCUT2D eigenvalue weighted by Gasteiger charge is 2.24. The Bertz CT molecular complexity index is 988. The molecule has 0 saturated carbocycles. The average Bonchev–Trinajstić information content (AvgIpc) is 3.17. The zero-order valence-corrected chi connectivity index (χ0v) is 16.4. The zero-order valence-electron chi connectivity index (χ0n) is 16.4. The Morgan fingerprint density at radius 1 is 1.31 bits per heavy atom. The number of pyridine rings is 1. The first-order valence-electron chi connectivity index (χ1n) is 9.82. The number of imidazole rings is 1. The van der Waals surface area contributed by atoms with E-state index in [1.807, 2.05) is 31.3 Å². The third-order valence-corrected chi connectivity index (χ3v) is 5.20. The van der Waals surface area contributed by atoms with Crippen LogP contribution >= 0.6 is 0 Å². The van der Waals surface area contributed by atoms with Crippen molar-refractivity contribution in [3.63, 3.8) is 0 Å². The quantitative estimate of drug-likeness (QED) is 0.698. The van der Waals surface area contributed by atoms with Crippen LogP contribution in [0.3, 0.4) is 0 Å². The average molecular weight is 393 g/mol. The largest absolute Gasteiger partial charge is 0.349 e. The molecule has 2 aromatic heterocycles. The Kier molecular flexibility index (Phi) is 5.67. The van der Waals surface area contributed by atoms with Gasteiger partial charge in [0, 0.05) is 18.3 Å². The topological polar surface area (TPSA) is 73.9 Å². The summed E-state index contributed by atoms with van der Waals surface area (Å²) >= 11 is 0. The summed E-state index contributed by atoms with van der Waals surface area (Å²) in [5.41, 5.74) is 2.70. The second kappa shape index (κ2) is 8.53. The second-order valence-electron chi connectivity index (χ2n) is 7.45. The molecule has 0 unspecified atom stereocenters. The number of carbonyl (C=O) groups is 1. The van der Waals surface area contributed by atoms with Gasteiger partial charge in [0.05, 0.1) is 29.5 Å². The number of nitrogens with one attached hydrogen (secondary N) is 2. The number of likely N-dealkylation sites (tertiary alicyclic amines) is 1. The van der Waals surface area contributed by atoms with Crippen LogP contribution < -0.4 is 5.32 Å². The number of aromatic nitrogens is 3. The lowest BCUT2D eigenvalue weighted by atomic mass is 9.98. The Balaban J connectivity index is 1.57. The van der Waals surface area contributed by atoms with Crippen molar-refractivity contribution in [2.45, 2.75) is 19.4 Å². The first-order chi connectivity index (χ1) is 14.1. The van der Waals surface area contributed by atoms with Gasteiger partial charge in [-0.25, -0.2) is 9.37 Å². The van der Waals surface area contributed by atoms with Crippen LogP contribution in [0.1, 0.15) is 18.7 Å². The zero-order chi connectivity index (χ0) is 20.2. The molecule has 150 valence electrons. The standard InChI is InChI=1S/C22H24FN5O/c1-28-11-5-7-16(14-28)22(29)25-13-19-26-20(15-6-4-8-17(23)12-15)21(27-19)18-9-2-3-10-24-18/h2-4,6,8-10,12,16H,5,7,11,13-14H2,1H3,(H,25,29)(H,26,27)/t16-/m0/s1. The summed E-state index contributed by atoms with van der Waals surface area (Å²) in [6.45, 7) is 2.10. The molecule has 29 heavy (non-hydrogen) atoms. The minimum atomic E-state index is -0.325. The van der Waals surface area contributed by atoms with Gasteiger partial charge in [0.1, 0.15) is 11.6 Å². The molecule has 0 aliphatic carbocycles. The Labute approximate surface area is 169 Å². The summed E-state index contributed by atoms with van der Waals surface area (Å²) in [5.74, 6) is 0.331. The smallest absolute Gasteiger partial charge is 0.224 e. The molecule has 3 heterocycles. The molecule has 1 amide bonds. The lowest BCUT2D eigenvalue weighted by molar-refractivity contribution is -0.126. The molecule has 1 atom stereocenters. The molecule has 7 heteroatoms. The Hall–Kier alpha value is -3.06. The summed E-state index contributed by atoms with van der Waals surface area (Å²) in [6.07, 6.45) is 3.64. The first-order valence-corrected chi connectivity index (χ1v) is 9.82. The van der Waals surface area contributed by atoms with Crippen LogP contribution in [0.2, 0.25) is 0 Å². The monoisotopic (exact) mass is 393 g/mol. The number of hydrogen-bond acceptors (Lipinski definition) is 4. The normalized spacial score (nSPS) is 17.2. The molecule has 0 radical (unpaired) electrons. The molecule has 3 aromatic rings. The van der Waals surface area contributed by atoms with Gasteiger partial charge >= 0.3 is 0 Å². The van der Waals surface area contributed by atoms with Crippen molar-refractivity contribution < 1.29 is 9.18 Å². The molecule has 1 aliphatic heterocycles. The Morgan fingerprint density at radius 3 is 2.97 bits per heavy atom. The molecule has 2 N–H and O–H groups in total. The fraction of sp³-hybridized carbons (Fsp3) is 0.318. The van der Waals surface area contributed by atoms with Crippen molar-refractivity contribution in [1.29, 1.82) is 0 Å². The van der Waals surface area contributed by atoms with Crippen molar-refractivity contribution in [2.75, 3.05) is 20.1 Å². The van der Waals surface area contributed by atoms with Gasteiger partial charge in [0.2, 0.25) is 5.91 Å². The first kappa shape index (κ1) is 19.3. The molecule has 0 spiro atoms. The summed E-state index contributed by atoms with van der Waals surface area (Å²) in [7, 11) is 2.04. The fourth-order valence-corrected chi connectivity index (χ4v) is 3.74. The number of rotatable bonds is 5. The predicted octanol–water partition coefficient (Wildman–Crippen LogP) is 3.24. The second-order valence-corrected chi connectivity index (χ2v) is 7.45. The van der Waals surface area contributed by atoms with Crippen LogP contribution in [0, 0.1) is 11.7 Å². The number of amides is 1. The van der Waals surface area contributed by atoms with E-state index in [2.05, 4.69) is 25.2 Å². The maximum absolute atomic E-state index is 13.8. The lowest BCUT2D eigenvalue weighted by Gasteiger charge is -2.28. The van der Waals surface area contributed by atoms with E-state index in [9.17, 15) is 9.18 Å². The molecule has 1 fully saturated rings. The number of benzene rings is 1. The van der Waals surface area contributed by atoms with Crippen molar-refractivity contribution in [1.82, 2.24) is 25.2 Å². The van der Waals surface area contributed by atoms with Gasteiger partial charge in [-0.2, -0.15) is 0 Å². The number of piperidine rings is 1. The SMILES string of the molecule is CN1CCC[C@H](C(=O)NCc2nc(-c3cccc(F)c3)c(-c3ccccn3)[nH]2)C1. The van der Waals surface area contributed by atoms with E-state index in [4.69, 9.17) is 0 Å². The number of hydrogen-bond donors (Lipinski definition) is 2. The van der Waals surface area contributed by atoms with Crippen LogP contribution in [0.4, 0.5) is 4.39 Å². The molecule has 1 aliphatic rings. The van der Waals surface area contributed by atoms with E-state index < -0.39 is 0 Å². The van der Waals surface area contributed by atoms with Crippen LogP contribution in [0.25, 0.3) is 22.6 Å². The highest BCUT2D eigenvalue weighted by Crippen LogP contribution is 2.29. The third kappa shape index (κ3) is 4.51. The summed E-state index contributed by atoms with van der Waals surface area (Å²) in [4.78, 5) is 27.0. The number of H-pyrrole nitrogens is 1. The molecule has 1 saturated heterocycles. The molecular formula is C22H24FN5O. The highest BCUT2D eigenvalue weighted by atomic mass is 19.1. The van der Waals surface area contributed by atoms with Gasteiger partial charge in [-0.05, 0) is 50.7 Å². The van der Waals surface area contributed by atoms with E-state index in [0.717, 1.165) is 25.9 Å². The van der Waals surface area contributed by atoms with Crippen LogP contribution in [0.5, 0.6) is 0 Å². The van der Waals surface area contributed by atoms with E-state index in [-0.39, 0.29) is 24.2 Å². The molecular weight excluding hydrogens is 369 g/mol. The van der Waals surface area contributed by atoms with Crippen molar-refractivity contribution in [3.8, 4) is 22.6 Å². The Morgan fingerprint density at radius 2 is 2.21 bits per heavy atom. The van der Waals surface area contributed by atoms with Gasteiger partial charge in [0.15, 0.2) is 0 Å². The highest BCUT2D eigenvalue weighted by molar-refractivity contribution is 5.79. The minimum absolute atomic E-state index is 0.00154. The number of nitrogens with zero attached hydrogens (tertiary/aromatic N) is 3. The van der Waals surface area contributed by atoms with Crippen molar-refractivity contribution in [2.24, 2.45) is 5.92 Å². The third-order valence-electron chi connectivity index (χ3n) is 5.20.